The zero-order valence-corrected chi connectivity index (χ0v) is 19.1. The fourth-order valence-electron chi connectivity index (χ4n) is 3.64. The molecule has 1 aliphatic heterocycles. The van der Waals surface area contributed by atoms with Crippen LogP contribution in [0.3, 0.4) is 0 Å². The first-order chi connectivity index (χ1) is 14.5. The Morgan fingerprint density at radius 3 is 2.63 bits per heavy atom. The van der Waals surface area contributed by atoms with E-state index in [4.69, 9.17) is 33.2 Å². The molecule has 6 nitrogen and oxygen atoms in total. The van der Waals surface area contributed by atoms with Crippen molar-refractivity contribution in [3.63, 3.8) is 0 Å². The number of β-amino-alcohol motifs (C(OH)–C–C–N with tert-alkyl or cyclic N) is 1. The second kappa shape index (κ2) is 9.06. The molecule has 0 saturated carbocycles. The molecule has 1 aromatic carbocycles. The van der Waals surface area contributed by atoms with Gasteiger partial charge in [-0.3, -0.25) is 0 Å². The SMILES string of the molecule is CCc1nc(-c2ccc(Cl)cc2Cl)c(CC)nc1N[C@@H]1CN(c2nccs2)C[C@@H]1O. The summed E-state index contributed by atoms with van der Waals surface area (Å²) < 4.78 is 0. The molecule has 1 fully saturated rings. The van der Waals surface area contributed by atoms with Crippen LogP contribution in [0.25, 0.3) is 11.3 Å². The fourth-order valence-corrected chi connectivity index (χ4v) is 4.80. The van der Waals surface area contributed by atoms with Gasteiger partial charge in [-0.2, -0.15) is 0 Å². The number of aliphatic hydroxyl groups excluding tert-OH is 1. The molecule has 2 N–H and O–H groups in total. The first-order valence-corrected chi connectivity index (χ1v) is 11.6. The molecule has 2 aromatic heterocycles. The molecule has 158 valence electrons. The number of anilines is 2. The third-order valence-electron chi connectivity index (χ3n) is 5.20. The van der Waals surface area contributed by atoms with Gasteiger partial charge in [-0.15, -0.1) is 11.3 Å². The van der Waals surface area contributed by atoms with Gasteiger partial charge in [0.2, 0.25) is 0 Å². The number of nitrogens with one attached hydrogen (secondary N) is 1. The van der Waals surface area contributed by atoms with Crippen molar-refractivity contribution in [2.24, 2.45) is 0 Å². The van der Waals surface area contributed by atoms with E-state index < -0.39 is 6.10 Å². The van der Waals surface area contributed by atoms with Crippen LogP contribution in [-0.4, -0.2) is 45.3 Å². The van der Waals surface area contributed by atoms with E-state index in [2.05, 4.69) is 15.2 Å². The van der Waals surface area contributed by atoms with Crippen LogP contribution in [0.15, 0.2) is 29.8 Å². The molecule has 3 heterocycles. The highest BCUT2D eigenvalue weighted by atomic mass is 35.5. The molecule has 1 aliphatic rings. The first-order valence-electron chi connectivity index (χ1n) is 9.94. The van der Waals surface area contributed by atoms with Crippen LogP contribution >= 0.6 is 34.5 Å². The van der Waals surface area contributed by atoms with E-state index in [9.17, 15) is 5.11 Å². The average molecular weight is 464 g/mol. The Kier molecular flexibility index (Phi) is 6.43. The molecule has 0 amide bonds. The normalized spacial score (nSPS) is 18.8. The third-order valence-corrected chi connectivity index (χ3v) is 6.58. The highest BCUT2D eigenvalue weighted by Crippen LogP contribution is 2.33. The van der Waals surface area contributed by atoms with Crippen molar-refractivity contribution in [3.8, 4) is 11.3 Å². The van der Waals surface area contributed by atoms with Crippen LogP contribution in [0, 0.1) is 0 Å². The number of aliphatic hydroxyl groups is 1. The molecule has 0 bridgehead atoms. The predicted molar refractivity (Wildman–Crippen MR) is 124 cm³/mol. The number of hydrogen-bond acceptors (Lipinski definition) is 7. The number of aryl methyl sites for hydroxylation is 2. The van der Waals surface area contributed by atoms with Gasteiger partial charge in [0, 0.05) is 35.3 Å². The molecule has 0 unspecified atom stereocenters. The van der Waals surface area contributed by atoms with Crippen LogP contribution in [0.1, 0.15) is 25.2 Å². The molecule has 1 saturated heterocycles. The maximum absolute atomic E-state index is 10.6. The second-order valence-electron chi connectivity index (χ2n) is 7.18. The van der Waals surface area contributed by atoms with Crippen molar-refractivity contribution < 1.29 is 5.11 Å². The van der Waals surface area contributed by atoms with Crippen molar-refractivity contribution in [2.75, 3.05) is 23.3 Å². The summed E-state index contributed by atoms with van der Waals surface area (Å²) in [7, 11) is 0. The van der Waals surface area contributed by atoms with Gasteiger partial charge < -0.3 is 15.3 Å². The largest absolute Gasteiger partial charge is 0.389 e. The van der Waals surface area contributed by atoms with Crippen molar-refractivity contribution in [1.29, 1.82) is 0 Å². The third kappa shape index (κ3) is 4.25. The molecule has 30 heavy (non-hydrogen) atoms. The molecule has 0 aliphatic carbocycles. The Labute approximate surface area is 189 Å². The highest BCUT2D eigenvalue weighted by molar-refractivity contribution is 7.13. The fraction of sp³-hybridized carbons (Fsp3) is 0.381. The van der Waals surface area contributed by atoms with E-state index in [1.807, 2.05) is 31.4 Å². The number of thiazole rings is 1. The van der Waals surface area contributed by atoms with Gasteiger partial charge in [0.25, 0.3) is 0 Å². The smallest absolute Gasteiger partial charge is 0.185 e. The summed E-state index contributed by atoms with van der Waals surface area (Å²) in [4.78, 5) is 16.2. The van der Waals surface area contributed by atoms with Crippen LogP contribution in [0.5, 0.6) is 0 Å². The summed E-state index contributed by atoms with van der Waals surface area (Å²) in [5, 5.41) is 18.0. The van der Waals surface area contributed by atoms with Crippen molar-refractivity contribution in [1.82, 2.24) is 15.0 Å². The van der Waals surface area contributed by atoms with Crippen LogP contribution < -0.4 is 10.2 Å². The molecule has 3 aromatic rings. The summed E-state index contributed by atoms with van der Waals surface area (Å²) in [6.45, 7) is 5.28. The van der Waals surface area contributed by atoms with E-state index in [-0.39, 0.29) is 6.04 Å². The van der Waals surface area contributed by atoms with Gasteiger partial charge in [-0.05, 0) is 31.0 Å². The Morgan fingerprint density at radius 1 is 1.17 bits per heavy atom. The second-order valence-corrected chi connectivity index (χ2v) is 8.90. The van der Waals surface area contributed by atoms with Crippen molar-refractivity contribution in [3.05, 3.63) is 51.2 Å². The standard InChI is InChI=1S/C21H23Cl2N5OS/c1-3-15-19(13-6-5-12(22)9-14(13)23)25-16(4-2)20(26-15)27-17-10-28(11-18(17)29)21-24-7-8-30-21/h5-9,17-18,29H,3-4,10-11H2,1-2H3,(H,26,27)/t17-,18+/m1/s1. The van der Waals surface area contributed by atoms with E-state index in [0.29, 0.717) is 41.8 Å². The zero-order valence-electron chi connectivity index (χ0n) is 16.8. The molecule has 0 radical (unpaired) electrons. The molecule has 4 rings (SSSR count). The Balaban J connectivity index is 1.64. The van der Waals surface area contributed by atoms with Crippen molar-refractivity contribution >= 4 is 45.5 Å². The quantitative estimate of drug-likeness (QED) is 0.551. The van der Waals surface area contributed by atoms with Crippen LogP contribution in [0.4, 0.5) is 10.9 Å². The maximum atomic E-state index is 10.6. The number of halogens is 2. The lowest BCUT2D eigenvalue weighted by Gasteiger charge is -2.20. The van der Waals surface area contributed by atoms with Crippen LogP contribution in [-0.2, 0) is 12.8 Å². The summed E-state index contributed by atoms with van der Waals surface area (Å²) in [5.41, 5.74) is 3.29. The van der Waals surface area contributed by atoms with Gasteiger partial charge in [-0.25, -0.2) is 15.0 Å². The van der Waals surface area contributed by atoms with E-state index in [1.165, 1.54) is 0 Å². The molecule has 2 atom stereocenters. The van der Waals surface area contributed by atoms with Crippen LogP contribution in [0.2, 0.25) is 10.0 Å². The Hall–Kier alpha value is -1.93. The zero-order chi connectivity index (χ0) is 21.3. The average Bonchev–Trinajstić information content (AvgIpc) is 3.38. The minimum absolute atomic E-state index is 0.150. The summed E-state index contributed by atoms with van der Waals surface area (Å²) in [5.74, 6) is 0.716. The summed E-state index contributed by atoms with van der Waals surface area (Å²) in [6.07, 6.45) is 2.67. The number of rotatable bonds is 6. The number of aromatic nitrogens is 3. The van der Waals surface area contributed by atoms with E-state index >= 15 is 0 Å². The lowest BCUT2D eigenvalue weighted by Crippen LogP contribution is -2.33. The predicted octanol–water partition coefficient (Wildman–Crippen LogP) is 4.69. The number of hydrogen-bond donors (Lipinski definition) is 2. The molecular formula is C21H23Cl2N5OS. The van der Waals surface area contributed by atoms with Gasteiger partial charge in [0.15, 0.2) is 5.13 Å². The van der Waals surface area contributed by atoms with E-state index in [0.717, 1.165) is 27.8 Å². The van der Waals surface area contributed by atoms with Crippen molar-refractivity contribution in [2.45, 2.75) is 38.8 Å². The van der Waals surface area contributed by atoms with Gasteiger partial charge >= 0.3 is 0 Å². The monoisotopic (exact) mass is 463 g/mol. The lowest BCUT2D eigenvalue weighted by molar-refractivity contribution is 0.186. The Morgan fingerprint density at radius 2 is 1.97 bits per heavy atom. The number of benzene rings is 1. The number of nitrogens with zero attached hydrogens (tertiary/aromatic N) is 4. The van der Waals surface area contributed by atoms with Gasteiger partial charge in [0.1, 0.15) is 5.82 Å². The minimum atomic E-state index is -0.518. The first kappa shape index (κ1) is 21.3. The van der Waals surface area contributed by atoms with Gasteiger partial charge in [0.05, 0.1) is 34.3 Å². The maximum Gasteiger partial charge on any atom is 0.185 e. The molecule has 0 spiro atoms. The topological polar surface area (TPSA) is 74.2 Å². The lowest BCUT2D eigenvalue weighted by atomic mass is 10.1. The summed E-state index contributed by atoms with van der Waals surface area (Å²) in [6, 6.07) is 5.26. The Bertz CT molecular complexity index is 1030. The highest BCUT2D eigenvalue weighted by Gasteiger charge is 2.33. The molecular weight excluding hydrogens is 441 g/mol. The van der Waals surface area contributed by atoms with E-state index in [1.54, 1.807) is 23.6 Å². The minimum Gasteiger partial charge on any atom is -0.389 e. The van der Waals surface area contributed by atoms with Gasteiger partial charge in [-0.1, -0.05) is 37.0 Å². The summed E-state index contributed by atoms with van der Waals surface area (Å²) >= 11 is 14.1. The molecule has 9 heteroatoms.